The molecule has 1 aromatic heterocycles. The van der Waals surface area contributed by atoms with Gasteiger partial charge < -0.3 is 15.0 Å². The maximum absolute atomic E-state index is 12.7. The molecule has 0 aliphatic carbocycles. The van der Waals surface area contributed by atoms with E-state index < -0.39 is 5.60 Å². The van der Waals surface area contributed by atoms with E-state index in [1.54, 1.807) is 50.2 Å². The van der Waals surface area contributed by atoms with Crippen LogP contribution in [-0.4, -0.2) is 16.5 Å². The van der Waals surface area contributed by atoms with Crippen molar-refractivity contribution in [3.05, 3.63) is 69.5 Å². The summed E-state index contributed by atoms with van der Waals surface area (Å²) >= 11 is 5.87. The molecule has 0 saturated heterocycles. The van der Waals surface area contributed by atoms with Crippen molar-refractivity contribution in [2.45, 2.75) is 32.8 Å². The summed E-state index contributed by atoms with van der Waals surface area (Å²) in [5.41, 5.74) is 0.992. The fourth-order valence-electron chi connectivity index (χ4n) is 2.83. The van der Waals surface area contributed by atoms with Crippen LogP contribution in [-0.2, 0) is 11.2 Å². The number of hydrogen-bond acceptors (Lipinski definition) is 3. The zero-order chi connectivity index (χ0) is 19.6. The van der Waals surface area contributed by atoms with Gasteiger partial charge in [-0.1, -0.05) is 24.6 Å². The maximum Gasteiger partial charge on any atom is 0.267 e. The van der Waals surface area contributed by atoms with Crippen molar-refractivity contribution in [1.82, 2.24) is 4.98 Å². The lowest BCUT2D eigenvalue weighted by Gasteiger charge is -2.25. The smallest absolute Gasteiger partial charge is 0.267 e. The molecule has 1 heterocycles. The molecule has 0 saturated carbocycles. The Labute approximate surface area is 162 Å². The molecule has 5 nitrogen and oxygen atoms in total. The third kappa shape index (κ3) is 4.31. The summed E-state index contributed by atoms with van der Waals surface area (Å²) in [4.78, 5) is 27.3. The normalized spacial score (nSPS) is 11.4. The first-order valence-corrected chi connectivity index (χ1v) is 9.08. The first-order valence-electron chi connectivity index (χ1n) is 8.70. The number of carbonyl (C=O) groups excluding carboxylic acids is 1. The van der Waals surface area contributed by atoms with E-state index in [4.69, 9.17) is 16.3 Å². The molecule has 1 amide bonds. The molecule has 2 N–H and O–H groups in total. The number of aryl methyl sites for hydroxylation is 1. The van der Waals surface area contributed by atoms with Gasteiger partial charge in [0.1, 0.15) is 5.75 Å². The molecule has 0 spiro atoms. The summed E-state index contributed by atoms with van der Waals surface area (Å²) < 4.78 is 5.81. The number of pyridine rings is 1. The fourth-order valence-corrected chi connectivity index (χ4v) is 2.95. The molecule has 2 aromatic carbocycles. The summed E-state index contributed by atoms with van der Waals surface area (Å²) in [6.45, 7) is 5.38. The Morgan fingerprint density at radius 1 is 1.15 bits per heavy atom. The lowest BCUT2D eigenvalue weighted by atomic mass is 10.1. The minimum absolute atomic E-state index is 0.158. The van der Waals surface area contributed by atoms with E-state index in [1.165, 1.54) is 0 Å². The number of aromatic nitrogens is 1. The molecule has 3 rings (SSSR count). The summed E-state index contributed by atoms with van der Waals surface area (Å²) in [7, 11) is 0. The minimum Gasteiger partial charge on any atom is -0.478 e. The standard InChI is InChI=1S/C21H21ClN2O3/c1-4-13-11-19(25)24-18-12-15(7-10-17(13)18)23-20(26)21(2,3)27-16-8-5-14(22)6-9-16/h5-12H,4H2,1-3H3,(H,23,26)(H,24,25). The first kappa shape index (κ1) is 19.0. The molecular formula is C21H21ClN2O3. The topological polar surface area (TPSA) is 71.2 Å². The highest BCUT2D eigenvalue weighted by Crippen LogP contribution is 2.24. The number of hydrogen-bond donors (Lipinski definition) is 2. The van der Waals surface area contributed by atoms with E-state index in [2.05, 4.69) is 10.3 Å². The van der Waals surface area contributed by atoms with Crippen LogP contribution >= 0.6 is 11.6 Å². The first-order chi connectivity index (χ1) is 12.8. The quantitative estimate of drug-likeness (QED) is 0.678. The van der Waals surface area contributed by atoms with Gasteiger partial charge in [-0.05, 0) is 62.2 Å². The highest BCUT2D eigenvalue weighted by Gasteiger charge is 2.30. The molecule has 27 heavy (non-hydrogen) atoms. The number of halogens is 1. The summed E-state index contributed by atoms with van der Waals surface area (Å²) in [5.74, 6) is 0.251. The van der Waals surface area contributed by atoms with E-state index in [0.29, 0.717) is 22.0 Å². The van der Waals surface area contributed by atoms with Crippen molar-refractivity contribution in [2.24, 2.45) is 0 Å². The molecule has 0 fully saturated rings. The van der Waals surface area contributed by atoms with Crippen molar-refractivity contribution in [1.29, 1.82) is 0 Å². The van der Waals surface area contributed by atoms with Crippen molar-refractivity contribution in [3.63, 3.8) is 0 Å². The van der Waals surface area contributed by atoms with E-state index in [0.717, 1.165) is 17.4 Å². The van der Waals surface area contributed by atoms with E-state index in [9.17, 15) is 9.59 Å². The monoisotopic (exact) mass is 384 g/mol. The predicted octanol–water partition coefficient (Wildman–Crippen LogP) is 4.54. The Morgan fingerprint density at radius 3 is 2.52 bits per heavy atom. The molecule has 0 aliphatic heterocycles. The second-order valence-electron chi connectivity index (χ2n) is 6.79. The van der Waals surface area contributed by atoms with Gasteiger partial charge in [-0.3, -0.25) is 9.59 Å². The number of rotatable bonds is 5. The van der Waals surface area contributed by atoms with Crippen LogP contribution in [0.2, 0.25) is 5.02 Å². The Hall–Kier alpha value is -2.79. The summed E-state index contributed by atoms with van der Waals surface area (Å²) in [5, 5.41) is 4.41. The van der Waals surface area contributed by atoms with Gasteiger partial charge in [0.15, 0.2) is 5.60 Å². The zero-order valence-electron chi connectivity index (χ0n) is 15.4. The summed E-state index contributed by atoms with van der Waals surface area (Å²) in [6, 6.07) is 13.9. The third-order valence-electron chi connectivity index (χ3n) is 4.30. The van der Waals surface area contributed by atoms with Crippen molar-refractivity contribution >= 4 is 34.1 Å². The van der Waals surface area contributed by atoms with E-state index in [1.807, 2.05) is 19.1 Å². The molecule has 140 valence electrons. The number of fused-ring (bicyclic) bond motifs is 1. The number of nitrogens with one attached hydrogen (secondary N) is 2. The third-order valence-corrected chi connectivity index (χ3v) is 4.55. The van der Waals surface area contributed by atoms with Crippen LogP contribution in [0.4, 0.5) is 5.69 Å². The van der Waals surface area contributed by atoms with Crippen molar-refractivity contribution < 1.29 is 9.53 Å². The molecule has 0 bridgehead atoms. The largest absolute Gasteiger partial charge is 0.478 e. The zero-order valence-corrected chi connectivity index (χ0v) is 16.2. The van der Waals surface area contributed by atoms with Crippen LogP contribution in [0, 0.1) is 0 Å². The van der Waals surface area contributed by atoms with E-state index >= 15 is 0 Å². The van der Waals surface area contributed by atoms with Gasteiger partial charge in [-0.25, -0.2) is 0 Å². The van der Waals surface area contributed by atoms with Crippen LogP contribution in [0.15, 0.2) is 53.3 Å². The number of ether oxygens (including phenoxy) is 1. The minimum atomic E-state index is -1.10. The second kappa shape index (κ2) is 7.45. The van der Waals surface area contributed by atoms with E-state index in [-0.39, 0.29) is 11.5 Å². The average Bonchev–Trinajstić information content (AvgIpc) is 2.62. The Morgan fingerprint density at radius 2 is 1.85 bits per heavy atom. The number of anilines is 1. The Balaban J connectivity index is 1.82. The highest BCUT2D eigenvalue weighted by atomic mass is 35.5. The lowest BCUT2D eigenvalue weighted by molar-refractivity contribution is -0.128. The number of amides is 1. The van der Waals surface area contributed by atoms with Crippen LogP contribution in [0.5, 0.6) is 5.75 Å². The van der Waals surface area contributed by atoms with Crippen LogP contribution in [0.25, 0.3) is 10.9 Å². The second-order valence-corrected chi connectivity index (χ2v) is 7.23. The van der Waals surface area contributed by atoms with Crippen LogP contribution in [0.3, 0.4) is 0 Å². The van der Waals surface area contributed by atoms with Gasteiger partial charge in [-0.15, -0.1) is 0 Å². The number of carbonyl (C=O) groups is 1. The SMILES string of the molecule is CCc1cc(=O)[nH]c2cc(NC(=O)C(C)(C)Oc3ccc(Cl)cc3)ccc12. The van der Waals surface area contributed by atoms with Gasteiger partial charge >= 0.3 is 0 Å². The molecule has 0 radical (unpaired) electrons. The molecular weight excluding hydrogens is 364 g/mol. The number of benzene rings is 2. The van der Waals surface area contributed by atoms with Crippen LogP contribution in [0.1, 0.15) is 26.3 Å². The fraction of sp³-hybridized carbons (Fsp3) is 0.238. The number of aromatic amines is 1. The summed E-state index contributed by atoms with van der Waals surface area (Å²) in [6.07, 6.45) is 0.758. The number of H-pyrrole nitrogens is 1. The highest BCUT2D eigenvalue weighted by molar-refractivity contribution is 6.30. The van der Waals surface area contributed by atoms with Gasteiger partial charge in [0, 0.05) is 22.2 Å². The predicted molar refractivity (Wildman–Crippen MR) is 109 cm³/mol. The maximum atomic E-state index is 12.7. The van der Waals surface area contributed by atoms with Crippen LogP contribution < -0.4 is 15.6 Å². The molecule has 6 heteroatoms. The molecule has 0 atom stereocenters. The molecule has 3 aromatic rings. The van der Waals surface area contributed by atoms with Gasteiger partial charge in [-0.2, -0.15) is 0 Å². The van der Waals surface area contributed by atoms with Gasteiger partial charge in [0.2, 0.25) is 5.56 Å². The lowest BCUT2D eigenvalue weighted by Crippen LogP contribution is -2.42. The Bertz CT molecular complexity index is 1040. The van der Waals surface area contributed by atoms with Crippen molar-refractivity contribution in [2.75, 3.05) is 5.32 Å². The molecule has 0 unspecified atom stereocenters. The van der Waals surface area contributed by atoms with Crippen molar-refractivity contribution in [3.8, 4) is 5.75 Å². The Kier molecular flexibility index (Phi) is 5.24. The molecule has 0 aliphatic rings. The average molecular weight is 385 g/mol. The van der Waals surface area contributed by atoms with Gasteiger partial charge in [0.25, 0.3) is 5.91 Å². The van der Waals surface area contributed by atoms with Gasteiger partial charge in [0.05, 0.1) is 5.52 Å².